The van der Waals surface area contributed by atoms with Gasteiger partial charge in [0.2, 0.25) is 0 Å². The zero-order valence-corrected chi connectivity index (χ0v) is 14.1. The first kappa shape index (κ1) is 15.9. The van der Waals surface area contributed by atoms with Crippen LogP contribution in [-0.4, -0.2) is 27.7 Å². The lowest BCUT2D eigenvalue weighted by molar-refractivity contribution is 0.0601. The number of aromatic nitrogens is 2. The number of hydrogen-bond acceptors (Lipinski definition) is 4. The number of esters is 1. The molecule has 128 valence electrons. The molecule has 0 saturated heterocycles. The molecule has 0 fully saturated rings. The van der Waals surface area contributed by atoms with Crippen molar-refractivity contribution in [3.63, 3.8) is 0 Å². The second kappa shape index (κ2) is 6.37. The molecular formula is C21H16N2O3. The van der Waals surface area contributed by atoms with E-state index in [2.05, 4.69) is 0 Å². The van der Waals surface area contributed by atoms with Crippen LogP contribution in [0.2, 0.25) is 0 Å². The Bertz CT molecular complexity index is 1100. The molecule has 3 aromatic carbocycles. The Morgan fingerprint density at radius 1 is 0.962 bits per heavy atom. The lowest BCUT2D eigenvalue weighted by atomic mass is 10.1. The summed E-state index contributed by atoms with van der Waals surface area (Å²) in [6.07, 6.45) is 0. The van der Waals surface area contributed by atoms with Crippen molar-refractivity contribution in [3.8, 4) is 22.8 Å². The summed E-state index contributed by atoms with van der Waals surface area (Å²) in [7, 11) is 1.36. The summed E-state index contributed by atoms with van der Waals surface area (Å²) in [4.78, 5) is 17.0. The van der Waals surface area contributed by atoms with Crippen molar-refractivity contribution in [1.82, 2.24) is 9.55 Å². The minimum Gasteiger partial charge on any atom is -0.508 e. The van der Waals surface area contributed by atoms with E-state index in [1.807, 2.05) is 53.1 Å². The van der Waals surface area contributed by atoms with E-state index in [-0.39, 0.29) is 5.75 Å². The Balaban J connectivity index is 2.04. The second-order valence-corrected chi connectivity index (χ2v) is 5.81. The third kappa shape index (κ3) is 2.59. The Labute approximate surface area is 150 Å². The number of carbonyl (C=O) groups is 1. The van der Waals surface area contributed by atoms with Crippen LogP contribution in [0, 0.1) is 0 Å². The number of imidazole rings is 1. The molecule has 1 N–H and O–H groups in total. The minimum absolute atomic E-state index is 0.190. The highest BCUT2D eigenvalue weighted by molar-refractivity contribution is 5.97. The molecule has 5 nitrogen and oxygen atoms in total. The van der Waals surface area contributed by atoms with Gasteiger partial charge in [-0.15, -0.1) is 0 Å². The van der Waals surface area contributed by atoms with Crippen molar-refractivity contribution < 1.29 is 14.6 Å². The maximum absolute atomic E-state index is 12.2. The first-order valence-electron chi connectivity index (χ1n) is 8.13. The van der Waals surface area contributed by atoms with Crippen LogP contribution in [0.4, 0.5) is 0 Å². The number of nitrogens with zero attached hydrogens (tertiary/aromatic N) is 2. The topological polar surface area (TPSA) is 64.3 Å². The zero-order valence-electron chi connectivity index (χ0n) is 14.1. The van der Waals surface area contributed by atoms with E-state index in [9.17, 15) is 9.90 Å². The standard InChI is InChI=1S/C21H16N2O3/c1-26-21(25)17-7-3-2-6-16(17)20-22-18-8-4-5-9-19(18)23(20)14-10-12-15(24)13-11-14/h2-13,24H,1H3. The molecule has 0 aliphatic heterocycles. The minimum atomic E-state index is -0.412. The van der Waals surface area contributed by atoms with E-state index in [1.54, 1.807) is 24.3 Å². The summed E-state index contributed by atoms with van der Waals surface area (Å²) in [5, 5.41) is 9.62. The van der Waals surface area contributed by atoms with Crippen LogP contribution in [0.3, 0.4) is 0 Å². The molecule has 0 unspecified atom stereocenters. The molecule has 0 bridgehead atoms. The Morgan fingerprint density at radius 2 is 1.65 bits per heavy atom. The number of phenolic OH excluding ortho intramolecular Hbond substituents is 1. The number of ether oxygens (including phenoxy) is 1. The maximum Gasteiger partial charge on any atom is 0.338 e. The van der Waals surface area contributed by atoms with E-state index in [0.29, 0.717) is 17.0 Å². The smallest absolute Gasteiger partial charge is 0.338 e. The fourth-order valence-corrected chi connectivity index (χ4v) is 3.04. The highest BCUT2D eigenvalue weighted by atomic mass is 16.5. The SMILES string of the molecule is COC(=O)c1ccccc1-c1nc2ccccc2n1-c1ccc(O)cc1. The number of carbonyl (C=O) groups excluding carboxylic acids is 1. The average molecular weight is 344 g/mol. The Kier molecular flexibility index (Phi) is 3.89. The van der Waals surface area contributed by atoms with Gasteiger partial charge in [-0.1, -0.05) is 30.3 Å². The zero-order chi connectivity index (χ0) is 18.1. The number of hydrogen-bond donors (Lipinski definition) is 1. The summed E-state index contributed by atoms with van der Waals surface area (Å²) in [5.74, 6) is 0.414. The summed E-state index contributed by atoms with van der Waals surface area (Å²) in [6.45, 7) is 0. The van der Waals surface area contributed by atoms with Gasteiger partial charge < -0.3 is 9.84 Å². The predicted molar refractivity (Wildman–Crippen MR) is 99.5 cm³/mol. The van der Waals surface area contributed by atoms with Crippen LogP contribution in [0.15, 0.2) is 72.8 Å². The van der Waals surface area contributed by atoms with Gasteiger partial charge in [-0.3, -0.25) is 4.57 Å². The van der Waals surface area contributed by atoms with E-state index in [0.717, 1.165) is 16.7 Å². The molecular weight excluding hydrogens is 328 g/mol. The number of rotatable bonds is 3. The highest BCUT2D eigenvalue weighted by Gasteiger charge is 2.19. The maximum atomic E-state index is 12.2. The summed E-state index contributed by atoms with van der Waals surface area (Å²) >= 11 is 0. The van der Waals surface area contributed by atoms with Gasteiger partial charge in [-0.05, 0) is 42.5 Å². The van der Waals surface area contributed by atoms with E-state index < -0.39 is 5.97 Å². The van der Waals surface area contributed by atoms with Gasteiger partial charge in [0.25, 0.3) is 0 Å². The van der Waals surface area contributed by atoms with Gasteiger partial charge in [-0.25, -0.2) is 9.78 Å². The van der Waals surface area contributed by atoms with E-state index in [4.69, 9.17) is 9.72 Å². The number of benzene rings is 3. The molecule has 0 spiro atoms. The Morgan fingerprint density at radius 3 is 2.42 bits per heavy atom. The van der Waals surface area contributed by atoms with Gasteiger partial charge in [0.05, 0.1) is 23.7 Å². The number of phenols is 1. The first-order chi connectivity index (χ1) is 12.7. The average Bonchev–Trinajstić information content (AvgIpc) is 3.07. The molecule has 0 atom stereocenters. The largest absolute Gasteiger partial charge is 0.508 e. The molecule has 0 amide bonds. The lowest BCUT2D eigenvalue weighted by Crippen LogP contribution is -2.06. The van der Waals surface area contributed by atoms with Crippen LogP contribution < -0.4 is 0 Å². The third-order valence-corrected chi connectivity index (χ3v) is 4.24. The van der Waals surface area contributed by atoms with Crippen molar-refractivity contribution in [1.29, 1.82) is 0 Å². The highest BCUT2D eigenvalue weighted by Crippen LogP contribution is 2.31. The van der Waals surface area contributed by atoms with Crippen molar-refractivity contribution in [2.24, 2.45) is 0 Å². The van der Waals surface area contributed by atoms with Crippen LogP contribution in [0.25, 0.3) is 28.1 Å². The van der Waals surface area contributed by atoms with Crippen LogP contribution in [0.5, 0.6) is 5.75 Å². The number of aromatic hydroxyl groups is 1. The fraction of sp³-hybridized carbons (Fsp3) is 0.0476. The van der Waals surface area contributed by atoms with Gasteiger partial charge >= 0.3 is 5.97 Å². The molecule has 1 heterocycles. The summed E-state index contributed by atoms with van der Waals surface area (Å²) < 4.78 is 6.89. The lowest BCUT2D eigenvalue weighted by Gasteiger charge is -2.12. The van der Waals surface area contributed by atoms with Gasteiger partial charge in [0.15, 0.2) is 0 Å². The van der Waals surface area contributed by atoms with E-state index >= 15 is 0 Å². The molecule has 4 aromatic rings. The molecule has 0 radical (unpaired) electrons. The van der Waals surface area contributed by atoms with Crippen LogP contribution >= 0.6 is 0 Å². The van der Waals surface area contributed by atoms with Gasteiger partial charge in [0, 0.05) is 11.3 Å². The van der Waals surface area contributed by atoms with Gasteiger partial charge in [0.1, 0.15) is 11.6 Å². The van der Waals surface area contributed by atoms with Crippen LogP contribution in [0.1, 0.15) is 10.4 Å². The predicted octanol–water partition coefficient (Wildman–Crippen LogP) is 4.18. The van der Waals surface area contributed by atoms with Gasteiger partial charge in [-0.2, -0.15) is 0 Å². The normalized spacial score (nSPS) is 10.8. The molecule has 0 aliphatic carbocycles. The summed E-state index contributed by atoms with van der Waals surface area (Å²) in [5.41, 5.74) is 3.70. The fourth-order valence-electron chi connectivity index (χ4n) is 3.04. The molecule has 5 heteroatoms. The first-order valence-corrected chi connectivity index (χ1v) is 8.13. The second-order valence-electron chi connectivity index (χ2n) is 5.81. The monoisotopic (exact) mass is 344 g/mol. The van der Waals surface area contributed by atoms with Crippen molar-refractivity contribution in [3.05, 3.63) is 78.4 Å². The molecule has 4 rings (SSSR count). The third-order valence-electron chi connectivity index (χ3n) is 4.24. The number of fused-ring (bicyclic) bond motifs is 1. The van der Waals surface area contributed by atoms with Crippen LogP contribution in [-0.2, 0) is 4.74 Å². The quantitative estimate of drug-likeness (QED) is 0.566. The Hall–Kier alpha value is -3.60. The summed E-state index contributed by atoms with van der Waals surface area (Å²) in [6, 6.07) is 21.9. The number of para-hydroxylation sites is 2. The van der Waals surface area contributed by atoms with Crippen molar-refractivity contribution in [2.45, 2.75) is 0 Å². The van der Waals surface area contributed by atoms with E-state index in [1.165, 1.54) is 7.11 Å². The molecule has 0 aliphatic rings. The molecule has 1 aromatic heterocycles. The molecule has 26 heavy (non-hydrogen) atoms. The number of methoxy groups -OCH3 is 1. The van der Waals surface area contributed by atoms with Crippen molar-refractivity contribution in [2.75, 3.05) is 7.11 Å². The van der Waals surface area contributed by atoms with Crippen molar-refractivity contribution >= 4 is 17.0 Å². The molecule has 0 saturated carbocycles.